The van der Waals surface area contributed by atoms with Gasteiger partial charge in [-0.2, -0.15) is 0 Å². The van der Waals surface area contributed by atoms with Crippen LogP contribution in [0.3, 0.4) is 0 Å². The third-order valence-corrected chi connectivity index (χ3v) is 1.93. The first-order valence-corrected chi connectivity index (χ1v) is 3.82. The van der Waals surface area contributed by atoms with Crippen molar-refractivity contribution in [3.8, 4) is 0 Å². The second kappa shape index (κ2) is 3.57. The van der Waals surface area contributed by atoms with E-state index in [4.69, 9.17) is 10.5 Å². The van der Waals surface area contributed by atoms with Crippen LogP contribution in [-0.2, 0) is 4.74 Å². The van der Waals surface area contributed by atoms with E-state index < -0.39 is 0 Å². The minimum absolute atomic E-state index is 0.327. The van der Waals surface area contributed by atoms with Gasteiger partial charge in [-0.25, -0.2) is 4.79 Å². The van der Waals surface area contributed by atoms with Crippen LogP contribution in [0.1, 0.15) is 12.8 Å². The van der Waals surface area contributed by atoms with Crippen LogP contribution in [0.2, 0.25) is 0 Å². The Morgan fingerprint density at radius 3 is 2.82 bits per heavy atom. The van der Waals surface area contributed by atoms with Crippen LogP contribution in [0, 0.1) is 5.92 Å². The lowest BCUT2D eigenvalue weighted by Crippen LogP contribution is -2.39. The SMILES string of the molecule is CNC(=O)OCC1CC(N)C1. The molecule has 0 bridgehead atoms. The minimum Gasteiger partial charge on any atom is -0.449 e. The summed E-state index contributed by atoms with van der Waals surface area (Å²) in [5.74, 6) is 0.488. The second-order valence-electron chi connectivity index (χ2n) is 2.95. The van der Waals surface area contributed by atoms with E-state index in [9.17, 15) is 4.79 Å². The summed E-state index contributed by atoms with van der Waals surface area (Å²) < 4.78 is 4.84. The Labute approximate surface area is 66.1 Å². The van der Waals surface area contributed by atoms with E-state index in [0.717, 1.165) is 12.8 Å². The first-order valence-electron chi connectivity index (χ1n) is 3.82. The third kappa shape index (κ3) is 2.38. The van der Waals surface area contributed by atoms with Crippen molar-refractivity contribution >= 4 is 6.09 Å². The van der Waals surface area contributed by atoms with Crippen LogP contribution in [0.15, 0.2) is 0 Å². The van der Waals surface area contributed by atoms with E-state index in [2.05, 4.69) is 5.32 Å². The number of ether oxygens (including phenoxy) is 1. The fourth-order valence-electron chi connectivity index (χ4n) is 1.19. The van der Waals surface area contributed by atoms with Crippen LogP contribution in [0.5, 0.6) is 0 Å². The Kier molecular flexibility index (Phi) is 2.70. The van der Waals surface area contributed by atoms with Crippen molar-refractivity contribution in [1.82, 2.24) is 5.32 Å². The minimum atomic E-state index is -0.356. The highest BCUT2D eigenvalue weighted by Crippen LogP contribution is 2.25. The van der Waals surface area contributed by atoms with E-state index >= 15 is 0 Å². The van der Waals surface area contributed by atoms with Crippen molar-refractivity contribution in [2.24, 2.45) is 11.7 Å². The Hall–Kier alpha value is -0.770. The van der Waals surface area contributed by atoms with Gasteiger partial charge in [0, 0.05) is 13.1 Å². The van der Waals surface area contributed by atoms with Gasteiger partial charge in [0.15, 0.2) is 0 Å². The summed E-state index contributed by atoms with van der Waals surface area (Å²) >= 11 is 0. The van der Waals surface area contributed by atoms with Gasteiger partial charge in [0.1, 0.15) is 0 Å². The van der Waals surface area contributed by atoms with E-state index in [1.54, 1.807) is 7.05 Å². The van der Waals surface area contributed by atoms with Crippen molar-refractivity contribution in [2.45, 2.75) is 18.9 Å². The summed E-state index contributed by atoms with van der Waals surface area (Å²) in [6, 6.07) is 0.327. The van der Waals surface area contributed by atoms with Gasteiger partial charge in [-0.15, -0.1) is 0 Å². The first-order chi connectivity index (χ1) is 5.22. The van der Waals surface area contributed by atoms with Crippen molar-refractivity contribution in [3.63, 3.8) is 0 Å². The molecule has 4 heteroatoms. The van der Waals surface area contributed by atoms with E-state index in [-0.39, 0.29) is 6.09 Å². The number of hydrogen-bond donors (Lipinski definition) is 2. The van der Waals surface area contributed by atoms with Gasteiger partial charge < -0.3 is 15.8 Å². The summed E-state index contributed by atoms with van der Waals surface area (Å²) in [5.41, 5.74) is 5.55. The molecule has 0 aliphatic heterocycles. The number of rotatable bonds is 2. The number of carbonyl (C=O) groups is 1. The Balaban J connectivity index is 2.00. The molecule has 0 spiro atoms. The molecular weight excluding hydrogens is 144 g/mol. The Morgan fingerprint density at radius 1 is 1.73 bits per heavy atom. The lowest BCUT2D eigenvalue weighted by Gasteiger charge is -2.31. The zero-order valence-electron chi connectivity index (χ0n) is 6.67. The number of alkyl carbamates (subject to hydrolysis) is 1. The molecule has 1 rings (SSSR count). The highest BCUT2D eigenvalue weighted by atomic mass is 16.5. The number of amides is 1. The maximum Gasteiger partial charge on any atom is 0.406 e. The molecule has 0 aromatic rings. The molecule has 0 radical (unpaired) electrons. The van der Waals surface area contributed by atoms with Gasteiger partial charge in [0.05, 0.1) is 6.61 Å². The molecule has 4 nitrogen and oxygen atoms in total. The lowest BCUT2D eigenvalue weighted by atomic mass is 9.82. The highest BCUT2D eigenvalue weighted by Gasteiger charge is 2.26. The largest absolute Gasteiger partial charge is 0.449 e. The number of carbonyl (C=O) groups excluding carboxylic acids is 1. The summed E-state index contributed by atoms with van der Waals surface area (Å²) in [4.78, 5) is 10.6. The van der Waals surface area contributed by atoms with E-state index in [1.807, 2.05) is 0 Å². The highest BCUT2D eigenvalue weighted by molar-refractivity contribution is 5.66. The van der Waals surface area contributed by atoms with Crippen LogP contribution in [-0.4, -0.2) is 25.8 Å². The van der Waals surface area contributed by atoms with Crippen LogP contribution in [0.4, 0.5) is 4.79 Å². The van der Waals surface area contributed by atoms with Crippen LogP contribution < -0.4 is 11.1 Å². The maximum atomic E-state index is 10.6. The van der Waals surface area contributed by atoms with Crippen molar-refractivity contribution in [1.29, 1.82) is 0 Å². The summed E-state index contributed by atoms with van der Waals surface area (Å²) in [5, 5.41) is 2.39. The monoisotopic (exact) mass is 158 g/mol. The zero-order chi connectivity index (χ0) is 8.27. The van der Waals surface area contributed by atoms with Crippen LogP contribution >= 0.6 is 0 Å². The molecule has 1 fully saturated rings. The molecule has 1 aliphatic carbocycles. The molecule has 0 aromatic heterocycles. The van der Waals surface area contributed by atoms with Gasteiger partial charge in [-0.1, -0.05) is 0 Å². The second-order valence-corrected chi connectivity index (χ2v) is 2.95. The fourth-order valence-corrected chi connectivity index (χ4v) is 1.19. The topological polar surface area (TPSA) is 64.3 Å². The van der Waals surface area contributed by atoms with Gasteiger partial charge >= 0.3 is 6.09 Å². The molecule has 0 saturated heterocycles. The quantitative estimate of drug-likeness (QED) is 0.598. The zero-order valence-corrected chi connectivity index (χ0v) is 6.67. The normalized spacial score (nSPS) is 28.9. The van der Waals surface area contributed by atoms with Gasteiger partial charge in [0.2, 0.25) is 0 Å². The molecule has 3 N–H and O–H groups in total. The molecule has 0 aromatic carbocycles. The Bertz CT molecular complexity index is 143. The molecule has 64 valence electrons. The van der Waals surface area contributed by atoms with Crippen molar-refractivity contribution < 1.29 is 9.53 Å². The summed E-state index contributed by atoms with van der Waals surface area (Å²) in [7, 11) is 1.55. The standard InChI is InChI=1S/C7H14N2O2/c1-9-7(10)11-4-5-2-6(8)3-5/h5-6H,2-4,8H2,1H3,(H,9,10). The molecule has 0 atom stereocenters. The predicted molar refractivity (Wildman–Crippen MR) is 41.1 cm³/mol. The summed E-state index contributed by atoms with van der Waals surface area (Å²) in [6.45, 7) is 0.507. The fraction of sp³-hybridized carbons (Fsp3) is 0.857. The van der Waals surface area contributed by atoms with E-state index in [1.165, 1.54) is 0 Å². The van der Waals surface area contributed by atoms with Gasteiger partial charge in [-0.3, -0.25) is 0 Å². The Morgan fingerprint density at radius 2 is 2.36 bits per heavy atom. The number of hydrogen-bond acceptors (Lipinski definition) is 3. The third-order valence-electron chi connectivity index (χ3n) is 1.93. The van der Waals surface area contributed by atoms with E-state index in [0.29, 0.717) is 18.6 Å². The molecule has 11 heavy (non-hydrogen) atoms. The first kappa shape index (κ1) is 8.33. The molecule has 1 amide bonds. The predicted octanol–water partition coefficient (Wildman–Crippen LogP) is 0.0797. The molecule has 1 aliphatic rings. The molecule has 0 heterocycles. The average Bonchev–Trinajstić information content (AvgIpc) is 1.95. The van der Waals surface area contributed by atoms with Gasteiger partial charge in [-0.05, 0) is 18.8 Å². The average molecular weight is 158 g/mol. The summed E-state index contributed by atoms with van der Waals surface area (Å²) in [6.07, 6.45) is 1.61. The number of nitrogens with two attached hydrogens (primary N) is 1. The molecule has 0 unspecified atom stereocenters. The lowest BCUT2D eigenvalue weighted by molar-refractivity contribution is 0.0971. The smallest absolute Gasteiger partial charge is 0.406 e. The maximum absolute atomic E-state index is 10.6. The number of nitrogens with one attached hydrogen (secondary N) is 1. The molecule has 1 saturated carbocycles. The molecular formula is C7H14N2O2. The van der Waals surface area contributed by atoms with Crippen molar-refractivity contribution in [3.05, 3.63) is 0 Å². The van der Waals surface area contributed by atoms with Gasteiger partial charge in [0.25, 0.3) is 0 Å². The van der Waals surface area contributed by atoms with Crippen molar-refractivity contribution in [2.75, 3.05) is 13.7 Å². The van der Waals surface area contributed by atoms with Crippen LogP contribution in [0.25, 0.3) is 0 Å².